The molecule has 0 aliphatic heterocycles. The SMILES string of the molecule is COc1cc(F)cc(CNC(=O)NCC(C)CCO)c1. The molecule has 1 aromatic carbocycles. The lowest BCUT2D eigenvalue weighted by Gasteiger charge is -2.12. The molecule has 0 aromatic heterocycles. The van der Waals surface area contributed by atoms with Crippen LogP contribution in [-0.2, 0) is 6.54 Å². The van der Waals surface area contributed by atoms with Crippen molar-refractivity contribution in [2.75, 3.05) is 20.3 Å². The summed E-state index contributed by atoms with van der Waals surface area (Å²) in [7, 11) is 1.46. The molecule has 0 fully saturated rings. The zero-order valence-electron chi connectivity index (χ0n) is 11.8. The van der Waals surface area contributed by atoms with Crippen LogP contribution < -0.4 is 15.4 Å². The van der Waals surface area contributed by atoms with Gasteiger partial charge in [0.2, 0.25) is 0 Å². The molecular weight excluding hydrogens is 263 g/mol. The number of amides is 2. The molecule has 0 saturated carbocycles. The molecule has 0 bridgehead atoms. The number of methoxy groups -OCH3 is 1. The number of aliphatic hydroxyl groups is 1. The third-order valence-electron chi connectivity index (χ3n) is 2.85. The number of halogens is 1. The minimum Gasteiger partial charge on any atom is -0.497 e. The molecular formula is C14H21FN2O3. The summed E-state index contributed by atoms with van der Waals surface area (Å²) in [5.74, 6) is 0.219. The molecule has 112 valence electrons. The van der Waals surface area contributed by atoms with E-state index in [0.717, 1.165) is 0 Å². The van der Waals surface area contributed by atoms with Crippen molar-refractivity contribution in [3.63, 3.8) is 0 Å². The average molecular weight is 284 g/mol. The van der Waals surface area contributed by atoms with Gasteiger partial charge in [0.15, 0.2) is 0 Å². The van der Waals surface area contributed by atoms with E-state index in [1.54, 1.807) is 6.07 Å². The first-order valence-corrected chi connectivity index (χ1v) is 6.51. The van der Waals surface area contributed by atoms with E-state index in [1.165, 1.54) is 19.2 Å². The molecule has 0 saturated heterocycles. The van der Waals surface area contributed by atoms with Gasteiger partial charge in [-0.05, 0) is 30.0 Å². The Hall–Kier alpha value is -1.82. The van der Waals surface area contributed by atoms with Crippen molar-refractivity contribution in [1.29, 1.82) is 0 Å². The molecule has 6 heteroatoms. The van der Waals surface area contributed by atoms with Crippen LogP contribution in [0.15, 0.2) is 18.2 Å². The average Bonchev–Trinajstić information content (AvgIpc) is 2.42. The quantitative estimate of drug-likeness (QED) is 0.713. The van der Waals surface area contributed by atoms with E-state index in [2.05, 4.69) is 10.6 Å². The number of carbonyl (C=O) groups is 1. The maximum atomic E-state index is 13.2. The molecule has 1 atom stereocenters. The van der Waals surface area contributed by atoms with Gasteiger partial charge in [0.05, 0.1) is 7.11 Å². The van der Waals surface area contributed by atoms with E-state index < -0.39 is 5.82 Å². The van der Waals surface area contributed by atoms with Crippen molar-refractivity contribution in [2.24, 2.45) is 5.92 Å². The predicted molar refractivity (Wildman–Crippen MR) is 74.1 cm³/mol. The van der Waals surface area contributed by atoms with Gasteiger partial charge in [-0.3, -0.25) is 0 Å². The van der Waals surface area contributed by atoms with Gasteiger partial charge >= 0.3 is 6.03 Å². The fourth-order valence-corrected chi connectivity index (χ4v) is 1.67. The Morgan fingerprint density at radius 3 is 2.80 bits per heavy atom. The molecule has 0 aliphatic rings. The number of urea groups is 1. The zero-order valence-corrected chi connectivity index (χ0v) is 11.8. The van der Waals surface area contributed by atoms with E-state index in [4.69, 9.17) is 9.84 Å². The van der Waals surface area contributed by atoms with Crippen molar-refractivity contribution >= 4 is 6.03 Å². The van der Waals surface area contributed by atoms with Gasteiger partial charge in [-0.15, -0.1) is 0 Å². The van der Waals surface area contributed by atoms with Crippen LogP contribution in [-0.4, -0.2) is 31.4 Å². The van der Waals surface area contributed by atoms with Crippen molar-refractivity contribution in [1.82, 2.24) is 10.6 Å². The third kappa shape index (κ3) is 5.88. The van der Waals surface area contributed by atoms with Crippen LogP contribution in [0.25, 0.3) is 0 Å². The predicted octanol–water partition coefficient (Wildman–Crippen LogP) is 1.65. The lowest BCUT2D eigenvalue weighted by molar-refractivity contribution is 0.233. The molecule has 1 rings (SSSR count). The molecule has 20 heavy (non-hydrogen) atoms. The van der Waals surface area contributed by atoms with Gasteiger partial charge in [0, 0.05) is 25.8 Å². The molecule has 0 radical (unpaired) electrons. The van der Waals surface area contributed by atoms with Crippen molar-refractivity contribution < 1.29 is 19.0 Å². The first-order valence-electron chi connectivity index (χ1n) is 6.51. The number of nitrogens with one attached hydrogen (secondary N) is 2. The third-order valence-corrected chi connectivity index (χ3v) is 2.85. The van der Waals surface area contributed by atoms with Crippen LogP contribution >= 0.6 is 0 Å². The number of carbonyl (C=O) groups excluding carboxylic acids is 1. The Balaban J connectivity index is 2.39. The van der Waals surface area contributed by atoms with Crippen LogP contribution in [0.4, 0.5) is 9.18 Å². The highest BCUT2D eigenvalue weighted by Crippen LogP contribution is 2.15. The van der Waals surface area contributed by atoms with Crippen LogP contribution in [0.2, 0.25) is 0 Å². The maximum Gasteiger partial charge on any atom is 0.315 e. The standard InChI is InChI=1S/C14H21FN2O3/c1-10(3-4-18)8-16-14(19)17-9-11-5-12(15)7-13(6-11)20-2/h5-7,10,18H,3-4,8-9H2,1-2H3,(H2,16,17,19). The maximum absolute atomic E-state index is 13.2. The summed E-state index contributed by atoms with van der Waals surface area (Å²) in [5, 5.41) is 14.1. The summed E-state index contributed by atoms with van der Waals surface area (Å²) in [4.78, 5) is 11.6. The number of aliphatic hydroxyl groups excluding tert-OH is 1. The van der Waals surface area contributed by atoms with Crippen LogP contribution in [0, 0.1) is 11.7 Å². The Labute approximate surface area is 118 Å². The van der Waals surface area contributed by atoms with Crippen molar-refractivity contribution in [2.45, 2.75) is 19.9 Å². The van der Waals surface area contributed by atoms with Gasteiger partial charge in [-0.2, -0.15) is 0 Å². The normalized spacial score (nSPS) is 11.8. The van der Waals surface area contributed by atoms with Crippen molar-refractivity contribution in [3.8, 4) is 5.75 Å². The molecule has 0 aliphatic carbocycles. The molecule has 2 amide bonds. The Bertz CT molecular complexity index is 440. The van der Waals surface area contributed by atoms with E-state index in [0.29, 0.717) is 24.3 Å². The van der Waals surface area contributed by atoms with Crippen LogP contribution in [0.1, 0.15) is 18.9 Å². The minimum absolute atomic E-state index is 0.105. The molecule has 0 heterocycles. The number of ether oxygens (including phenoxy) is 1. The van der Waals surface area contributed by atoms with E-state index >= 15 is 0 Å². The number of hydrogen-bond acceptors (Lipinski definition) is 3. The number of rotatable bonds is 7. The first-order chi connectivity index (χ1) is 9.55. The minimum atomic E-state index is -0.405. The molecule has 0 spiro atoms. The second kappa shape index (κ2) is 8.37. The lowest BCUT2D eigenvalue weighted by atomic mass is 10.1. The largest absolute Gasteiger partial charge is 0.497 e. The van der Waals surface area contributed by atoms with Gasteiger partial charge in [-0.25, -0.2) is 9.18 Å². The summed E-state index contributed by atoms with van der Waals surface area (Å²) in [6.07, 6.45) is 0.640. The monoisotopic (exact) mass is 284 g/mol. The summed E-state index contributed by atoms with van der Waals surface area (Å²) in [6, 6.07) is 3.97. The van der Waals surface area contributed by atoms with Crippen molar-refractivity contribution in [3.05, 3.63) is 29.6 Å². The Morgan fingerprint density at radius 1 is 1.40 bits per heavy atom. The van der Waals surface area contributed by atoms with Gasteiger partial charge in [0.1, 0.15) is 11.6 Å². The fraction of sp³-hybridized carbons (Fsp3) is 0.500. The Kier molecular flexibility index (Phi) is 6.79. The van der Waals surface area contributed by atoms with Gasteiger partial charge < -0.3 is 20.5 Å². The van der Waals surface area contributed by atoms with Crippen LogP contribution in [0.5, 0.6) is 5.75 Å². The highest BCUT2D eigenvalue weighted by atomic mass is 19.1. The summed E-state index contributed by atoms with van der Waals surface area (Å²) >= 11 is 0. The van der Waals surface area contributed by atoms with Gasteiger partial charge in [-0.1, -0.05) is 6.92 Å². The Morgan fingerprint density at radius 2 is 2.15 bits per heavy atom. The number of benzene rings is 1. The smallest absolute Gasteiger partial charge is 0.315 e. The summed E-state index contributed by atoms with van der Waals surface area (Å²) < 4.78 is 18.2. The van der Waals surface area contributed by atoms with E-state index in [9.17, 15) is 9.18 Å². The molecule has 1 aromatic rings. The van der Waals surface area contributed by atoms with Crippen LogP contribution in [0.3, 0.4) is 0 Å². The lowest BCUT2D eigenvalue weighted by Crippen LogP contribution is -2.37. The summed E-state index contributed by atoms with van der Waals surface area (Å²) in [6.45, 7) is 2.74. The first kappa shape index (κ1) is 16.2. The molecule has 3 N–H and O–H groups in total. The summed E-state index contributed by atoms with van der Waals surface area (Å²) in [5.41, 5.74) is 0.625. The highest BCUT2D eigenvalue weighted by molar-refractivity contribution is 5.73. The fourth-order valence-electron chi connectivity index (χ4n) is 1.67. The second-order valence-electron chi connectivity index (χ2n) is 4.68. The topological polar surface area (TPSA) is 70.6 Å². The second-order valence-corrected chi connectivity index (χ2v) is 4.68. The van der Waals surface area contributed by atoms with Gasteiger partial charge in [0.25, 0.3) is 0 Å². The van der Waals surface area contributed by atoms with E-state index in [1.807, 2.05) is 6.92 Å². The molecule has 5 nitrogen and oxygen atoms in total. The van der Waals surface area contributed by atoms with E-state index in [-0.39, 0.29) is 25.1 Å². The number of hydrogen-bond donors (Lipinski definition) is 3. The zero-order chi connectivity index (χ0) is 15.0. The highest BCUT2D eigenvalue weighted by Gasteiger charge is 2.06. The molecule has 1 unspecified atom stereocenters.